The summed E-state index contributed by atoms with van der Waals surface area (Å²) in [5, 5.41) is 0. The second kappa shape index (κ2) is 10.2. The van der Waals surface area contributed by atoms with Crippen molar-refractivity contribution in [1.82, 2.24) is 0 Å². The Kier molecular flexibility index (Phi) is 9.00. The molecular formula is C17H28O2SSi. The van der Waals surface area contributed by atoms with Gasteiger partial charge in [-0.15, -0.1) is 0 Å². The van der Waals surface area contributed by atoms with E-state index in [0.717, 1.165) is 37.2 Å². The molecule has 4 heteroatoms. The lowest BCUT2D eigenvalue weighted by Crippen LogP contribution is -2.38. The van der Waals surface area contributed by atoms with E-state index in [4.69, 9.17) is 8.85 Å². The topological polar surface area (TPSA) is 18.5 Å². The summed E-state index contributed by atoms with van der Waals surface area (Å²) in [6.45, 7) is 11.6. The Morgan fingerprint density at radius 2 is 1.76 bits per heavy atom. The molecule has 0 heterocycles. The first-order chi connectivity index (χ1) is 10.1. The maximum absolute atomic E-state index is 5.86. The summed E-state index contributed by atoms with van der Waals surface area (Å²) in [5.41, 5.74) is 2.55. The van der Waals surface area contributed by atoms with Crippen molar-refractivity contribution in [2.24, 2.45) is 0 Å². The van der Waals surface area contributed by atoms with Gasteiger partial charge in [0.15, 0.2) is 0 Å². The van der Waals surface area contributed by atoms with Crippen LogP contribution in [-0.2, 0) is 14.6 Å². The molecule has 0 unspecified atom stereocenters. The third-order valence-corrected chi connectivity index (χ3v) is 7.48. The molecule has 0 atom stereocenters. The van der Waals surface area contributed by atoms with Gasteiger partial charge in [0.05, 0.1) is 0 Å². The summed E-state index contributed by atoms with van der Waals surface area (Å²) in [6, 6.07) is 9.69. The lowest BCUT2D eigenvalue weighted by Gasteiger charge is -2.25. The first-order valence-corrected chi connectivity index (χ1v) is 11.4. The van der Waals surface area contributed by atoms with Crippen molar-refractivity contribution < 1.29 is 8.85 Å². The van der Waals surface area contributed by atoms with Crippen LogP contribution in [0.15, 0.2) is 30.8 Å². The maximum Gasteiger partial charge on any atom is 0.334 e. The summed E-state index contributed by atoms with van der Waals surface area (Å²) in [7, 11) is -1.92. The Balaban J connectivity index is 2.24. The normalized spacial score (nSPS) is 11.6. The molecule has 0 saturated carbocycles. The first kappa shape index (κ1) is 18.5. The summed E-state index contributed by atoms with van der Waals surface area (Å²) in [6.07, 6.45) is 3.04. The van der Waals surface area contributed by atoms with Gasteiger partial charge >= 0.3 is 8.56 Å². The molecule has 0 aliphatic heterocycles. The highest BCUT2D eigenvalue weighted by Gasteiger charge is 2.29. The van der Waals surface area contributed by atoms with Crippen molar-refractivity contribution in [2.75, 3.05) is 19.0 Å². The van der Waals surface area contributed by atoms with Gasteiger partial charge < -0.3 is 8.85 Å². The summed E-state index contributed by atoms with van der Waals surface area (Å²) in [4.78, 5) is 0. The Morgan fingerprint density at radius 3 is 2.29 bits per heavy atom. The number of thioether (sulfide) groups is 1. The Morgan fingerprint density at radius 1 is 1.14 bits per heavy atom. The van der Waals surface area contributed by atoms with Crippen molar-refractivity contribution in [3.63, 3.8) is 0 Å². The molecule has 0 N–H and O–H groups in total. The SMILES string of the molecule is C=Cc1ccc(CSCCC[Si](C)(OCC)OCC)cc1. The third kappa shape index (κ3) is 7.32. The van der Waals surface area contributed by atoms with Gasteiger partial charge in [0.2, 0.25) is 0 Å². The largest absolute Gasteiger partial charge is 0.395 e. The minimum atomic E-state index is -1.92. The minimum absolute atomic E-state index is 0.755. The fraction of sp³-hybridized carbons (Fsp3) is 0.529. The molecular weight excluding hydrogens is 296 g/mol. The van der Waals surface area contributed by atoms with Gasteiger partial charge in [-0.1, -0.05) is 36.9 Å². The monoisotopic (exact) mass is 324 g/mol. The van der Waals surface area contributed by atoms with E-state index >= 15 is 0 Å². The molecule has 1 rings (SSSR count). The summed E-state index contributed by atoms with van der Waals surface area (Å²) >= 11 is 1.98. The van der Waals surface area contributed by atoms with Crippen LogP contribution in [-0.4, -0.2) is 27.5 Å². The van der Waals surface area contributed by atoms with Crippen LogP contribution < -0.4 is 0 Å². The number of hydrogen-bond acceptors (Lipinski definition) is 3. The van der Waals surface area contributed by atoms with E-state index < -0.39 is 8.56 Å². The zero-order valence-corrected chi connectivity index (χ0v) is 15.4. The van der Waals surface area contributed by atoms with E-state index in [1.165, 1.54) is 11.1 Å². The van der Waals surface area contributed by atoms with Crippen LogP contribution in [0.3, 0.4) is 0 Å². The molecule has 1 aromatic rings. The second-order valence-electron chi connectivity index (χ2n) is 5.10. The van der Waals surface area contributed by atoms with Crippen LogP contribution in [0, 0.1) is 0 Å². The van der Waals surface area contributed by atoms with E-state index in [9.17, 15) is 0 Å². The highest BCUT2D eigenvalue weighted by atomic mass is 32.2. The number of rotatable bonds is 11. The Labute approximate surface area is 135 Å². The molecule has 0 saturated heterocycles. The molecule has 118 valence electrons. The highest BCUT2D eigenvalue weighted by molar-refractivity contribution is 7.98. The van der Waals surface area contributed by atoms with Gasteiger partial charge in [0, 0.05) is 19.0 Å². The van der Waals surface area contributed by atoms with Crippen molar-refractivity contribution in [3.05, 3.63) is 42.0 Å². The van der Waals surface area contributed by atoms with E-state index in [-0.39, 0.29) is 0 Å². The predicted octanol–water partition coefficient (Wildman–Crippen LogP) is 5.10. The predicted molar refractivity (Wildman–Crippen MR) is 97.0 cm³/mol. The first-order valence-electron chi connectivity index (χ1n) is 7.70. The average molecular weight is 325 g/mol. The number of hydrogen-bond donors (Lipinski definition) is 0. The molecule has 21 heavy (non-hydrogen) atoms. The molecule has 0 spiro atoms. The number of benzene rings is 1. The quantitative estimate of drug-likeness (QED) is 0.417. The van der Waals surface area contributed by atoms with E-state index in [2.05, 4.69) is 37.4 Å². The highest BCUT2D eigenvalue weighted by Crippen LogP contribution is 2.20. The van der Waals surface area contributed by atoms with Crippen LogP contribution in [0.25, 0.3) is 6.08 Å². The molecule has 0 amide bonds. The molecule has 0 aromatic heterocycles. The average Bonchev–Trinajstić information content (AvgIpc) is 2.48. The minimum Gasteiger partial charge on any atom is -0.395 e. The van der Waals surface area contributed by atoms with Gasteiger partial charge in [-0.2, -0.15) is 11.8 Å². The van der Waals surface area contributed by atoms with Crippen LogP contribution >= 0.6 is 11.8 Å². The summed E-state index contributed by atoms with van der Waals surface area (Å²) < 4.78 is 11.7. The van der Waals surface area contributed by atoms with Gasteiger partial charge in [0.25, 0.3) is 0 Å². The van der Waals surface area contributed by atoms with Gasteiger partial charge in [-0.25, -0.2) is 0 Å². The maximum atomic E-state index is 5.86. The van der Waals surface area contributed by atoms with E-state index in [0.29, 0.717) is 0 Å². The van der Waals surface area contributed by atoms with Crippen molar-refractivity contribution in [2.45, 2.75) is 38.6 Å². The molecule has 0 aliphatic rings. The Hall–Kier alpha value is -0.553. The van der Waals surface area contributed by atoms with Crippen LogP contribution in [0.1, 0.15) is 31.4 Å². The van der Waals surface area contributed by atoms with Crippen LogP contribution in [0.5, 0.6) is 0 Å². The smallest absolute Gasteiger partial charge is 0.334 e. The van der Waals surface area contributed by atoms with Gasteiger partial charge in [-0.3, -0.25) is 0 Å². The molecule has 2 nitrogen and oxygen atoms in total. The lowest BCUT2D eigenvalue weighted by molar-refractivity contribution is 0.189. The van der Waals surface area contributed by atoms with Crippen LogP contribution in [0.4, 0.5) is 0 Å². The fourth-order valence-electron chi connectivity index (χ4n) is 2.23. The molecule has 0 fully saturated rings. The zero-order chi connectivity index (χ0) is 15.6. The molecule has 1 aromatic carbocycles. The standard InChI is InChI=1S/C17H28O2SSi/c1-5-16-9-11-17(12-10-16)15-20-13-8-14-21(4,18-6-2)19-7-3/h5,9-12H,1,6-8,13-15H2,2-4H3. The fourth-order valence-corrected chi connectivity index (χ4v) is 5.82. The van der Waals surface area contributed by atoms with Crippen molar-refractivity contribution >= 4 is 26.4 Å². The summed E-state index contributed by atoms with van der Waals surface area (Å²) in [5.74, 6) is 2.23. The molecule has 0 aliphatic carbocycles. The van der Waals surface area contributed by atoms with E-state index in [1.54, 1.807) is 0 Å². The zero-order valence-electron chi connectivity index (χ0n) is 13.6. The van der Waals surface area contributed by atoms with Gasteiger partial charge in [-0.05, 0) is 49.7 Å². The van der Waals surface area contributed by atoms with E-state index in [1.807, 2.05) is 31.7 Å². The molecule has 0 radical (unpaired) electrons. The molecule has 0 bridgehead atoms. The second-order valence-corrected chi connectivity index (χ2v) is 9.55. The van der Waals surface area contributed by atoms with Crippen LogP contribution in [0.2, 0.25) is 12.6 Å². The van der Waals surface area contributed by atoms with Gasteiger partial charge in [0.1, 0.15) is 0 Å². The third-order valence-electron chi connectivity index (χ3n) is 3.30. The Bertz CT molecular complexity index is 400. The van der Waals surface area contributed by atoms with Crippen molar-refractivity contribution in [3.8, 4) is 0 Å². The lowest BCUT2D eigenvalue weighted by atomic mass is 10.1. The van der Waals surface area contributed by atoms with Crippen molar-refractivity contribution in [1.29, 1.82) is 0 Å².